The fourth-order valence-electron chi connectivity index (χ4n) is 2.05. The number of hydrogen-bond acceptors (Lipinski definition) is 3. The molecule has 0 spiro atoms. The highest BCUT2D eigenvalue weighted by molar-refractivity contribution is 7.91. The lowest BCUT2D eigenvalue weighted by Crippen LogP contribution is -2.30. The maximum absolute atomic E-state index is 12.1. The Bertz CT molecular complexity index is 622. The first kappa shape index (κ1) is 13.9. The fourth-order valence-corrected chi connectivity index (χ4v) is 2.52. The van der Waals surface area contributed by atoms with E-state index in [2.05, 4.69) is 4.40 Å². The molecule has 19 heavy (non-hydrogen) atoms. The van der Waals surface area contributed by atoms with Gasteiger partial charge in [0.15, 0.2) is 0 Å². The van der Waals surface area contributed by atoms with Gasteiger partial charge in [-0.3, -0.25) is 0 Å². The largest absolute Gasteiger partial charge is 0.861 e. The molecule has 0 heterocycles. The Labute approximate surface area is 107 Å². The van der Waals surface area contributed by atoms with Crippen LogP contribution in [0.15, 0.2) is 28.7 Å². The molecule has 2 rings (SSSR count). The van der Waals surface area contributed by atoms with Crippen LogP contribution in [0, 0.1) is 0 Å². The van der Waals surface area contributed by atoms with Crippen molar-refractivity contribution >= 4 is 15.9 Å². The van der Waals surface area contributed by atoms with Gasteiger partial charge in [-0.2, -0.15) is 26.0 Å². The van der Waals surface area contributed by atoms with E-state index in [0.717, 1.165) is 5.56 Å². The minimum absolute atomic E-state index is 0.273. The fraction of sp³-hybridized carbons (Fsp3) is 0.364. The average molecular weight is 292 g/mol. The van der Waals surface area contributed by atoms with Gasteiger partial charge >= 0.3 is 15.5 Å². The smallest absolute Gasteiger partial charge is 0.518 e. The topological polar surface area (TPSA) is 69.6 Å². The van der Waals surface area contributed by atoms with Crippen LogP contribution in [-0.2, 0) is 16.4 Å². The molecule has 0 bridgehead atoms. The number of fused-ring (bicyclic) bond motifs is 1. The maximum atomic E-state index is 12.1. The minimum atomic E-state index is -5.76. The monoisotopic (exact) mass is 292 g/mol. The summed E-state index contributed by atoms with van der Waals surface area (Å²) in [4.78, 5) is 0. The van der Waals surface area contributed by atoms with E-state index in [1.54, 1.807) is 24.3 Å². The maximum Gasteiger partial charge on any atom is 0.518 e. The molecule has 1 aromatic rings. The Morgan fingerprint density at radius 1 is 1.32 bits per heavy atom. The van der Waals surface area contributed by atoms with Gasteiger partial charge in [0.1, 0.15) is 0 Å². The predicted molar refractivity (Wildman–Crippen MR) is 59.9 cm³/mol. The number of aryl methyl sites for hydroxylation is 1. The highest BCUT2D eigenvalue weighted by Gasteiger charge is 2.46. The van der Waals surface area contributed by atoms with E-state index in [1.807, 2.05) is 0 Å². The second-order valence-corrected chi connectivity index (χ2v) is 5.74. The lowest BCUT2D eigenvalue weighted by Gasteiger charge is -2.19. The van der Waals surface area contributed by atoms with Gasteiger partial charge in [-0.1, -0.05) is 24.3 Å². The first-order valence-corrected chi connectivity index (χ1v) is 6.82. The van der Waals surface area contributed by atoms with Crippen LogP contribution >= 0.6 is 0 Å². The Morgan fingerprint density at radius 3 is 2.58 bits per heavy atom. The Morgan fingerprint density at radius 2 is 1.95 bits per heavy atom. The summed E-state index contributed by atoms with van der Waals surface area (Å²) in [6.45, 7) is 0. The van der Waals surface area contributed by atoms with Crippen LogP contribution in [0.1, 0.15) is 23.5 Å². The van der Waals surface area contributed by atoms with Crippen molar-refractivity contribution in [2.45, 2.75) is 24.3 Å². The lowest BCUT2D eigenvalue weighted by molar-refractivity contribution is -0.220. The number of sulfonamides is 1. The zero-order chi connectivity index (χ0) is 14.3. The summed E-state index contributed by atoms with van der Waals surface area (Å²) in [6.07, 6.45) is 0.795. The van der Waals surface area contributed by atoms with E-state index in [0.29, 0.717) is 12.0 Å². The standard InChI is InChI=1S/C11H10F3NO3S/c12-11(13,14)19(17,18)15-10(16)9-6-5-7-3-1-2-4-8(7)9/h1-4,9H,5-6H2,(H,15,16)/p-1. The molecule has 0 aromatic heterocycles. The van der Waals surface area contributed by atoms with E-state index >= 15 is 0 Å². The number of alkyl halides is 3. The van der Waals surface area contributed by atoms with Gasteiger partial charge in [0.2, 0.25) is 0 Å². The zero-order valence-corrected chi connectivity index (χ0v) is 10.3. The molecule has 104 valence electrons. The van der Waals surface area contributed by atoms with Crippen LogP contribution in [0.3, 0.4) is 0 Å². The highest BCUT2D eigenvalue weighted by atomic mass is 32.2. The van der Waals surface area contributed by atoms with Crippen molar-refractivity contribution in [1.29, 1.82) is 0 Å². The van der Waals surface area contributed by atoms with Crippen LogP contribution in [0.5, 0.6) is 0 Å². The summed E-state index contributed by atoms with van der Waals surface area (Å²) in [5, 5.41) is 11.6. The first-order valence-electron chi connectivity index (χ1n) is 5.38. The summed E-state index contributed by atoms with van der Waals surface area (Å²) in [6, 6.07) is 6.74. The molecule has 8 heteroatoms. The van der Waals surface area contributed by atoms with E-state index in [9.17, 15) is 26.7 Å². The Balaban J connectivity index is 2.35. The zero-order valence-electron chi connectivity index (χ0n) is 9.52. The van der Waals surface area contributed by atoms with Gasteiger partial charge in [-0.15, -0.1) is 0 Å². The second-order valence-electron chi connectivity index (χ2n) is 4.14. The average Bonchev–Trinajstić information content (AvgIpc) is 2.70. The van der Waals surface area contributed by atoms with E-state index in [4.69, 9.17) is 0 Å². The number of halogens is 3. The predicted octanol–water partition coefficient (Wildman–Crippen LogP) is 1.32. The van der Waals surface area contributed by atoms with Gasteiger partial charge in [-0.25, -0.2) is 0 Å². The van der Waals surface area contributed by atoms with Gasteiger partial charge in [0, 0.05) is 5.92 Å². The van der Waals surface area contributed by atoms with Crippen LogP contribution in [-0.4, -0.2) is 19.8 Å². The number of rotatable bonds is 2. The molecular formula is C11H9F3NO3S-. The third-order valence-corrected chi connectivity index (χ3v) is 3.94. The normalized spacial score (nSPS) is 20.4. The molecule has 0 aliphatic heterocycles. The summed E-state index contributed by atoms with van der Waals surface area (Å²) in [7, 11) is -5.76. The molecule has 1 aromatic carbocycles. The SMILES string of the molecule is O=S(=O)(/N=C(\[O-])C1CCc2ccccc21)C(F)(F)F. The van der Waals surface area contributed by atoms with Crippen molar-refractivity contribution in [1.82, 2.24) is 0 Å². The molecule has 0 fully saturated rings. The third kappa shape index (κ3) is 2.58. The van der Waals surface area contributed by atoms with Crippen molar-refractivity contribution < 1.29 is 26.7 Å². The molecule has 0 saturated heterocycles. The number of hydrogen-bond donors (Lipinski definition) is 0. The molecule has 1 atom stereocenters. The van der Waals surface area contributed by atoms with Crippen molar-refractivity contribution in [2.24, 2.45) is 4.40 Å². The molecule has 0 amide bonds. The molecule has 1 aliphatic carbocycles. The molecule has 0 saturated carbocycles. The van der Waals surface area contributed by atoms with Crippen LogP contribution in [0.2, 0.25) is 0 Å². The van der Waals surface area contributed by atoms with E-state index < -0.39 is 27.3 Å². The quantitative estimate of drug-likeness (QED) is 0.610. The van der Waals surface area contributed by atoms with Crippen LogP contribution < -0.4 is 5.11 Å². The van der Waals surface area contributed by atoms with Gasteiger partial charge < -0.3 is 5.11 Å². The minimum Gasteiger partial charge on any atom is -0.861 e. The third-order valence-electron chi connectivity index (χ3n) is 2.93. The molecule has 0 N–H and O–H groups in total. The molecular weight excluding hydrogens is 283 g/mol. The van der Waals surface area contributed by atoms with Gasteiger partial charge in [-0.05, 0) is 29.9 Å². The highest BCUT2D eigenvalue weighted by Crippen LogP contribution is 2.34. The summed E-state index contributed by atoms with van der Waals surface area (Å²) in [5.74, 6) is -2.17. The van der Waals surface area contributed by atoms with Crippen molar-refractivity contribution in [3.8, 4) is 0 Å². The Hall–Kier alpha value is -1.57. The summed E-state index contributed by atoms with van der Waals surface area (Å²) >= 11 is 0. The van der Waals surface area contributed by atoms with Gasteiger partial charge in [0.05, 0.1) is 0 Å². The van der Waals surface area contributed by atoms with E-state index in [-0.39, 0.29) is 6.42 Å². The van der Waals surface area contributed by atoms with Crippen molar-refractivity contribution in [3.63, 3.8) is 0 Å². The van der Waals surface area contributed by atoms with Crippen molar-refractivity contribution in [2.75, 3.05) is 0 Å². The molecule has 4 nitrogen and oxygen atoms in total. The van der Waals surface area contributed by atoms with E-state index in [1.165, 1.54) is 0 Å². The molecule has 1 aliphatic rings. The lowest BCUT2D eigenvalue weighted by atomic mass is 10.0. The molecule has 0 radical (unpaired) electrons. The summed E-state index contributed by atoms with van der Waals surface area (Å²) < 4.78 is 60.4. The molecule has 1 unspecified atom stereocenters. The summed E-state index contributed by atoms with van der Waals surface area (Å²) in [5.41, 5.74) is -4.16. The van der Waals surface area contributed by atoms with Gasteiger partial charge in [0.25, 0.3) is 0 Å². The van der Waals surface area contributed by atoms with Crippen LogP contribution in [0.4, 0.5) is 13.2 Å². The first-order chi connectivity index (χ1) is 8.72. The van der Waals surface area contributed by atoms with Crippen molar-refractivity contribution in [3.05, 3.63) is 35.4 Å². The number of nitrogens with zero attached hydrogens (tertiary/aromatic N) is 1. The second kappa shape index (κ2) is 4.52. The number of benzene rings is 1. The Kier molecular flexibility index (Phi) is 3.29. The van der Waals surface area contributed by atoms with Crippen LogP contribution in [0.25, 0.3) is 0 Å².